The van der Waals surface area contributed by atoms with E-state index in [9.17, 15) is 4.57 Å². The lowest BCUT2D eigenvalue weighted by molar-refractivity contribution is 0.152. The molecule has 6 heteroatoms. The minimum atomic E-state index is -3.45. The topological polar surface area (TPSA) is 44.8 Å². The third-order valence-electron chi connectivity index (χ3n) is 2.27. The summed E-state index contributed by atoms with van der Waals surface area (Å²) >= 11 is 6.12. The fraction of sp³-hybridized carbons (Fsp3) is 0.455. The van der Waals surface area contributed by atoms with Crippen LogP contribution in [0.4, 0.5) is 0 Å². The number of benzene rings is 1. The number of phosphoric acid groups is 1. The van der Waals surface area contributed by atoms with Crippen LogP contribution in [0.5, 0.6) is 0 Å². The van der Waals surface area contributed by atoms with Crippen molar-refractivity contribution in [1.29, 1.82) is 0 Å². The van der Waals surface area contributed by atoms with Gasteiger partial charge in [0.1, 0.15) is 0 Å². The molecule has 0 amide bonds. The Labute approximate surface area is 106 Å². The Hall–Kier alpha value is -0.380. The smallest absolute Gasteiger partial charge is 0.290 e. The van der Waals surface area contributed by atoms with Crippen molar-refractivity contribution in [3.05, 3.63) is 35.4 Å². The Balaban J connectivity index is 2.58. The fourth-order valence-electron chi connectivity index (χ4n) is 1.21. The quantitative estimate of drug-likeness (QED) is 0.588. The Morgan fingerprint density at radius 2 is 1.76 bits per heavy atom. The normalized spacial score (nSPS) is 13.6. The van der Waals surface area contributed by atoms with Crippen LogP contribution >= 0.6 is 19.4 Å². The van der Waals surface area contributed by atoms with Gasteiger partial charge in [-0.05, 0) is 12.5 Å². The second-order valence-electron chi connectivity index (χ2n) is 3.49. The summed E-state index contributed by atoms with van der Waals surface area (Å²) in [6.45, 7) is 2.05. The maximum atomic E-state index is 11.6. The van der Waals surface area contributed by atoms with E-state index in [1.54, 1.807) is 0 Å². The Bertz CT molecular complexity index is 385. The van der Waals surface area contributed by atoms with Gasteiger partial charge in [-0.2, -0.15) is 0 Å². The first-order valence-corrected chi connectivity index (χ1v) is 6.97. The van der Waals surface area contributed by atoms with Crippen LogP contribution in [0.15, 0.2) is 24.3 Å². The molecule has 17 heavy (non-hydrogen) atoms. The van der Waals surface area contributed by atoms with Crippen molar-refractivity contribution in [3.8, 4) is 0 Å². The number of alkyl halides is 1. The second kappa shape index (κ2) is 6.53. The van der Waals surface area contributed by atoms with Gasteiger partial charge in [-0.15, -0.1) is 11.6 Å². The molecule has 1 aromatic carbocycles. The summed E-state index contributed by atoms with van der Waals surface area (Å²) in [6, 6.07) is 7.72. The summed E-state index contributed by atoms with van der Waals surface area (Å²) < 4.78 is 26.0. The highest BCUT2D eigenvalue weighted by atomic mass is 35.5. The van der Waals surface area contributed by atoms with Gasteiger partial charge in [0.25, 0.3) is 0 Å². The van der Waals surface area contributed by atoms with Crippen LogP contribution in [0.3, 0.4) is 0 Å². The van der Waals surface area contributed by atoms with Crippen molar-refractivity contribution in [2.45, 2.75) is 12.3 Å². The zero-order valence-corrected chi connectivity index (χ0v) is 11.7. The third-order valence-corrected chi connectivity index (χ3v) is 4.00. The second-order valence-corrected chi connectivity index (χ2v) is 5.90. The lowest BCUT2D eigenvalue weighted by Crippen LogP contribution is -2.03. The third kappa shape index (κ3) is 4.41. The van der Waals surface area contributed by atoms with Crippen LogP contribution in [0.1, 0.15) is 16.5 Å². The largest absolute Gasteiger partial charge is 0.474 e. The lowest BCUT2D eigenvalue weighted by atomic mass is 10.1. The molecule has 1 aromatic rings. The molecule has 0 heterocycles. The Morgan fingerprint density at radius 3 is 2.24 bits per heavy atom. The highest BCUT2D eigenvalue weighted by Gasteiger charge is 2.24. The van der Waals surface area contributed by atoms with Gasteiger partial charge in [-0.25, -0.2) is 4.57 Å². The summed E-state index contributed by atoms with van der Waals surface area (Å²) in [6.07, 6.45) is 0. The molecule has 96 valence electrons. The van der Waals surface area contributed by atoms with E-state index in [4.69, 9.17) is 16.1 Å². The number of hydrogen-bond donors (Lipinski definition) is 0. The van der Waals surface area contributed by atoms with E-state index in [2.05, 4.69) is 9.05 Å². The molecule has 0 aliphatic rings. The average Bonchev–Trinajstić information content (AvgIpc) is 2.36. The molecule has 4 nitrogen and oxygen atoms in total. The van der Waals surface area contributed by atoms with Crippen molar-refractivity contribution in [2.24, 2.45) is 0 Å². The van der Waals surface area contributed by atoms with Crippen molar-refractivity contribution in [1.82, 2.24) is 0 Å². The maximum absolute atomic E-state index is 11.6. The molecule has 1 rings (SSSR count). The van der Waals surface area contributed by atoms with Gasteiger partial charge in [0.2, 0.25) is 0 Å². The fourth-order valence-corrected chi connectivity index (χ4v) is 2.20. The molecule has 0 aromatic heterocycles. The number of hydrogen-bond acceptors (Lipinski definition) is 4. The van der Waals surface area contributed by atoms with Gasteiger partial charge < -0.3 is 0 Å². The molecule has 0 fully saturated rings. The molecule has 1 atom stereocenters. The summed E-state index contributed by atoms with van der Waals surface area (Å²) in [5, 5.41) is -0.394. The van der Waals surface area contributed by atoms with Gasteiger partial charge in [-0.3, -0.25) is 13.6 Å². The molecule has 1 unspecified atom stereocenters. The molecule has 0 N–H and O–H groups in total. The predicted molar refractivity (Wildman–Crippen MR) is 67.3 cm³/mol. The Morgan fingerprint density at radius 1 is 1.24 bits per heavy atom. The number of aryl methyl sites for hydroxylation is 1. The first-order valence-electron chi connectivity index (χ1n) is 5.07. The van der Waals surface area contributed by atoms with Crippen LogP contribution in [-0.2, 0) is 18.1 Å². The molecule has 0 bridgehead atoms. The first kappa shape index (κ1) is 14.7. The van der Waals surface area contributed by atoms with Crippen LogP contribution in [0, 0.1) is 6.92 Å². The van der Waals surface area contributed by atoms with Crippen LogP contribution < -0.4 is 0 Å². The molecule has 0 radical (unpaired) electrons. The number of halogens is 1. The van der Waals surface area contributed by atoms with Crippen molar-refractivity contribution < 1.29 is 18.1 Å². The SMILES string of the molecule is COP(=O)(OC)OCC(Cl)c1ccc(C)cc1. The Kier molecular flexibility index (Phi) is 5.63. The average molecular weight is 279 g/mol. The van der Waals surface area contributed by atoms with Crippen LogP contribution in [0.25, 0.3) is 0 Å². The monoisotopic (exact) mass is 278 g/mol. The standard InChI is InChI=1S/C11H16ClO4P/c1-9-4-6-10(7-5-9)11(12)8-16-17(13,14-2)15-3/h4-7,11H,8H2,1-3H3. The molecule has 0 aliphatic heterocycles. The highest BCUT2D eigenvalue weighted by molar-refractivity contribution is 7.48. The van der Waals surface area contributed by atoms with E-state index < -0.39 is 13.2 Å². The first-order chi connectivity index (χ1) is 8.00. The highest BCUT2D eigenvalue weighted by Crippen LogP contribution is 2.48. The van der Waals surface area contributed by atoms with Crippen LogP contribution in [-0.4, -0.2) is 20.8 Å². The van der Waals surface area contributed by atoms with Crippen molar-refractivity contribution in [2.75, 3.05) is 20.8 Å². The predicted octanol–water partition coefficient (Wildman–Crippen LogP) is 3.69. The molecule has 0 aliphatic carbocycles. The number of phosphoric ester groups is 1. The van der Waals surface area contributed by atoms with E-state index >= 15 is 0 Å². The van der Waals surface area contributed by atoms with E-state index in [0.29, 0.717) is 0 Å². The zero-order valence-electron chi connectivity index (χ0n) is 10.1. The van der Waals surface area contributed by atoms with Gasteiger partial charge in [0.15, 0.2) is 0 Å². The van der Waals surface area contributed by atoms with E-state index in [1.807, 2.05) is 31.2 Å². The molecule has 0 spiro atoms. The van der Waals surface area contributed by atoms with Crippen LogP contribution in [0.2, 0.25) is 0 Å². The van der Waals surface area contributed by atoms with Gasteiger partial charge in [-0.1, -0.05) is 29.8 Å². The van der Waals surface area contributed by atoms with Crippen molar-refractivity contribution in [3.63, 3.8) is 0 Å². The number of rotatable bonds is 6. The molecular formula is C11H16ClO4P. The van der Waals surface area contributed by atoms with E-state index in [-0.39, 0.29) is 6.61 Å². The molecular weight excluding hydrogens is 263 g/mol. The summed E-state index contributed by atoms with van der Waals surface area (Å²) in [7, 11) is -0.923. The minimum Gasteiger partial charge on any atom is -0.290 e. The van der Waals surface area contributed by atoms with Gasteiger partial charge in [0.05, 0.1) is 12.0 Å². The van der Waals surface area contributed by atoms with E-state index in [1.165, 1.54) is 14.2 Å². The maximum Gasteiger partial charge on any atom is 0.474 e. The van der Waals surface area contributed by atoms with Crippen molar-refractivity contribution >= 4 is 19.4 Å². The molecule has 0 saturated carbocycles. The minimum absolute atomic E-state index is 0.0591. The summed E-state index contributed by atoms with van der Waals surface area (Å²) in [5.74, 6) is 0. The summed E-state index contributed by atoms with van der Waals surface area (Å²) in [5.41, 5.74) is 2.05. The van der Waals surface area contributed by atoms with Gasteiger partial charge in [0, 0.05) is 14.2 Å². The lowest BCUT2D eigenvalue weighted by Gasteiger charge is -2.16. The summed E-state index contributed by atoms with van der Waals surface area (Å²) in [4.78, 5) is 0. The zero-order chi connectivity index (χ0) is 12.9. The van der Waals surface area contributed by atoms with Gasteiger partial charge >= 0.3 is 7.82 Å². The van der Waals surface area contributed by atoms with E-state index in [0.717, 1.165) is 11.1 Å². The molecule has 0 saturated heterocycles.